The number of hydrogen-bond donors (Lipinski definition) is 2. The Labute approximate surface area is 141 Å². The van der Waals surface area contributed by atoms with E-state index in [4.69, 9.17) is 4.52 Å². The maximum absolute atomic E-state index is 14.3. The Morgan fingerprint density at radius 2 is 2.00 bits per heavy atom. The van der Waals surface area contributed by atoms with E-state index < -0.39 is 6.04 Å². The van der Waals surface area contributed by atoms with Gasteiger partial charge in [-0.1, -0.05) is 5.16 Å². The van der Waals surface area contributed by atoms with Crippen LogP contribution in [0.4, 0.5) is 21.6 Å². The van der Waals surface area contributed by atoms with Crippen molar-refractivity contribution >= 4 is 23.1 Å². The first-order valence-corrected chi connectivity index (χ1v) is 7.81. The second-order valence-electron chi connectivity index (χ2n) is 6.05. The van der Waals surface area contributed by atoms with E-state index in [0.29, 0.717) is 23.0 Å². The SMILES string of the molecule is Cc1cc(NC(=O)C(C)Nc2ccc(N(C)C(C)C)c(F)c2)no1. The van der Waals surface area contributed by atoms with Crippen LogP contribution in [0, 0.1) is 12.7 Å². The molecule has 0 saturated heterocycles. The Morgan fingerprint density at radius 1 is 1.29 bits per heavy atom. The first-order chi connectivity index (χ1) is 11.3. The van der Waals surface area contributed by atoms with Crippen LogP contribution >= 0.6 is 0 Å². The molecule has 1 heterocycles. The van der Waals surface area contributed by atoms with Gasteiger partial charge < -0.3 is 20.1 Å². The van der Waals surface area contributed by atoms with Gasteiger partial charge in [-0.15, -0.1) is 0 Å². The zero-order valence-electron chi connectivity index (χ0n) is 14.6. The van der Waals surface area contributed by atoms with Gasteiger partial charge in [0.15, 0.2) is 5.82 Å². The van der Waals surface area contributed by atoms with Crippen molar-refractivity contribution in [2.24, 2.45) is 0 Å². The molecule has 1 aromatic heterocycles. The lowest BCUT2D eigenvalue weighted by Gasteiger charge is -2.24. The molecule has 1 aromatic carbocycles. The van der Waals surface area contributed by atoms with Gasteiger partial charge in [0.2, 0.25) is 5.91 Å². The maximum Gasteiger partial charge on any atom is 0.247 e. The molecule has 0 aliphatic rings. The van der Waals surface area contributed by atoms with Crippen LogP contribution in [0.1, 0.15) is 26.5 Å². The topological polar surface area (TPSA) is 70.4 Å². The summed E-state index contributed by atoms with van der Waals surface area (Å²) in [7, 11) is 1.84. The molecule has 0 aliphatic carbocycles. The van der Waals surface area contributed by atoms with Crippen LogP contribution < -0.4 is 15.5 Å². The zero-order chi connectivity index (χ0) is 17.9. The van der Waals surface area contributed by atoms with Crippen molar-refractivity contribution < 1.29 is 13.7 Å². The number of carbonyl (C=O) groups excluding carboxylic acids is 1. The van der Waals surface area contributed by atoms with Crippen LogP contribution in [-0.2, 0) is 4.79 Å². The predicted octanol–water partition coefficient (Wildman–Crippen LogP) is 3.41. The molecular formula is C17H23FN4O2. The molecule has 7 heteroatoms. The smallest absolute Gasteiger partial charge is 0.247 e. The minimum absolute atomic E-state index is 0.189. The van der Waals surface area contributed by atoms with Crippen LogP contribution in [-0.4, -0.2) is 30.2 Å². The van der Waals surface area contributed by atoms with Crippen molar-refractivity contribution in [1.82, 2.24) is 5.16 Å². The number of benzene rings is 1. The number of aryl methyl sites for hydroxylation is 1. The average molecular weight is 334 g/mol. The van der Waals surface area contributed by atoms with E-state index in [9.17, 15) is 9.18 Å². The van der Waals surface area contributed by atoms with Crippen LogP contribution in [0.3, 0.4) is 0 Å². The zero-order valence-corrected chi connectivity index (χ0v) is 14.6. The van der Waals surface area contributed by atoms with Gasteiger partial charge in [0.1, 0.15) is 17.6 Å². The monoisotopic (exact) mass is 334 g/mol. The number of anilines is 3. The molecule has 130 valence electrons. The summed E-state index contributed by atoms with van der Waals surface area (Å²) in [4.78, 5) is 14.0. The Kier molecular flexibility index (Phi) is 5.43. The van der Waals surface area contributed by atoms with Gasteiger partial charge in [-0.25, -0.2) is 4.39 Å². The third-order valence-corrected chi connectivity index (χ3v) is 3.76. The fraction of sp³-hybridized carbons (Fsp3) is 0.412. The van der Waals surface area contributed by atoms with E-state index in [1.807, 2.05) is 25.8 Å². The van der Waals surface area contributed by atoms with Crippen LogP contribution in [0.5, 0.6) is 0 Å². The number of aromatic nitrogens is 1. The lowest BCUT2D eigenvalue weighted by molar-refractivity contribution is -0.116. The molecule has 0 saturated carbocycles. The number of hydrogen-bond acceptors (Lipinski definition) is 5. The normalized spacial score (nSPS) is 12.1. The highest BCUT2D eigenvalue weighted by atomic mass is 19.1. The molecular weight excluding hydrogens is 311 g/mol. The molecule has 0 bridgehead atoms. The fourth-order valence-electron chi connectivity index (χ4n) is 2.14. The van der Waals surface area contributed by atoms with Gasteiger partial charge >= 0.3 is 0 Å². The van der Waals surface area contributed by atoms with Crippen molar-refractivity contribution in [2.75, 3.05) is 22.6 Å². The summed E-state index contributed by atoms with van der Waals surface area (Å²) in [5.74, 6) is 0.340. The van der Waals surface area contributed by atoms with E-state index in [1.54, 1.807) is 32.0 Å². The molecule has 24 heavy (non-hydrogen) atoms. The third kappa shape index (κ3) is 4.24. The van der Waals surface area contributed by atoms with Gasteiger partial charge in [0, 0.05) is 24.8 Å². The van der Waals surface area contributed by atoms with Crippen LogP contribution in [0.15, 0.2) is 28.8 Å². The van der Waals surface area contributed by atoms with E-state index in [-0.39, 0.29) is 17.8 Å². The minimum Gasteiger partial charge on any atom is -0.374 e. The number of nitrogens with one attached hydrogen (secondary N) is 2. The number of carbonyl (C=O) groups is 1. The second kappa shape index (κ2) is 7.33. The van der Waals surface area contributed by atoms with Gasteiger partial charge in [0.05, 0.1) is 5.69 Å². The van der Waals surface area contributed by atoms with E-state index in [0.717, 1.165) is 0 Å². The number of rotatable bonds is 6. The van der Waals surface area contributed by atoms with Crippen molar-refractivity contribution in [3.63, 3.8) is 0 Å². The Hall–Kier alpha value is -2.57. The summed E-state index contributed by atoms with van der Waals surface area (Å²) in [5.41, 5.74) is 1.05. The molecule has 2 N–H and O–H groups in total. The highest BCUT2D eigenvalue weighted by Gasteiger charge is 2.16. The summed E-state index contributed by atoms with van der Waals surface area (Å²) in [6.45, 7) is 7.41. The molecule has 2 aromatic rings. The largest absolute Gasteiger partial charge is 0.374 e. The van der Waals surface area contributed by atoms with Crippen LogP contribution in [0.25, 0.3) is 0 Å². The summed E-state index contributed by atoms with van der Waals surface area (Å²) in [6.07, 6.45) is 0. The lowest BCUT2D eigenvalue weighted by atomic mass is 10.2. The number of halogens is 1. The summed E-state index contributed by atoms with van der Waals surface area (Å²) >= 11 is 0. The van der Waals surface area contributed by atoms with Gasteiger partial charge in [-0.2, -0.15) is 0 Å². The van der Waals surface area contributed by atoms with Crippen molar-refractivity contribution in [1.29, 1.82) is 0 Å². The highest BCUT2D eigenvalue weighted by molar-refractivity contribution is 5.95. The van der Waals surface area contributed by atoms with Gasteiger partial charge in [0.25, 0.3) is 0 Å². The summed E-state index contributed by atoms with van der Waals surface area (Å²) in [6, 6.07) is 6.09. The molecule has 2 rings (SSSR count). The fourth-order valence-corrected chi connectivity index (χ4v) is 2.14. The lowest BCUT2D eigenvalue weighted by Crippen LogP contribution is -2.32. The summed E-state index contributed by atoms with van der Waals surface area (Å²) in [5, 5.41) is 9.32. The Morgan fingerprint density at radius 3 is 2.54 bits per heavy atom. The second-order valence-corrected chi connectivity index (χ2v) is 6.05. The van der Waals surface area contributed by atoms with Crippen molar-refractivity contribution in [2.45, 2.75) is 39.8 Å². The van der Waals surface area contributed by atoms with E-state index in [2.05, 4.69) is 15.8 Å². The number of amides is 1. The Balaban J connectivity index is 2.02. The third-order valence-electron chi connectivity index (χ3n) is 3.76. The molecule has 1 atom stereocenters. The van der Waals surface area contributed by atoms with Crippen molar-refractivity contribution in [3.8, 4) is 0 Å². The number of nitrogens with zero attached hydrogens (tertiary/aromatic N) is 2. The average Bonchev–Trinajstić information content (AvgIpc) is 2.91. The van der Waals surface area contributed by atoms with Gasteiger partial charge in [-0.05, 0) is 45.9 Å². The highest BCUT2D eigenvalue weighted by Crippen LogP contribution is 2.24. The minimum atomic E-state index is -0.560. The molecule has 1 unspecified atom stereocenters. The van der Waals surface area contributed by atoms with E-state index >= 15 is 0 Å². The quantitative estimate of drug-likeness (QED) is 0.847. The molecule has 0 spiro atoms. The molecule has 0 aliphatic heterocycles. The van der Waals surface area contributed by atoms with Gasteiger partial charge in [-0.3, -0.25) is 4.79 Å². The summed E-state index contributed by atoms with van der Waals surface area (Å²) < 4.78 is 19.2. The maximum atomic E-state index is 14.3. The predicted molar refractivity (Wildman–Crippen MR) is 92.9 cm³/mol. The standard InChI is InChI=1S/C17H23FN4O2/c1-10(2)22(5)15-7-6-13(9-14(15)18)19-12(4)17(23)20-16-8-11(3)24-21-16/h6-10,12,19H,1-5H3,(H,20,21,23). The first kappa shape index (κ1) is 17.8. The molecule has 6 nitrogen and oxygen atoms in total. The first-order valence-electron chi connectivity index (χ1n) is 7.81. The van der Waals surface area contributed by atoms with Crippen LogP contribution in [0.2, 0.25) is 0 Å². The van der Waals surface area contributed by atoms with E-state index in [1.165, 1.54) is 6.07 Å². The molecule has 1 amide bonds. The van der Waals surface area contributed by atoms with Crippen molar-refractivity contribution in [3.05, 3.63) is 35.8 Å². The Bertz CT molecular complexity index is 714. The molecule has 0 fully saturated rings. The molecule has 0 radical (unpaired) electrons.